The summed E-state index contributed by atoms with van der Waals surface area (Å²) < 4.78 is 6.88. The van der Waals surface area contributed by atoms with Gasteiger partial charge in [-0.25, -0.2) is 0 Å². The molecule has 1 aliphatic heterocycles. The van der Waals surface area contributed by atoms with Crippen LogP contribution in [0.5, 0.6) is 5.75 Å². The summed E-state index contributed by atoms with van der Waals surface area (Å²) in [6.45, 7) is 5.28. The normalized spacial score (nSPS) is 13.6. The molecule has 3 rings (SSSR count). The van der Waals surface area contributed by atoms with E-state index < -0.39 is 5.91 Å². The van der Waals surface area contributed by atoms with E-state index in [-0.39, 0.29) is 23.3 Å². The highest BCUT2D eigenvalue weighted by atomic mass is 16.5. The highest BCUT2D eigenvalue weighted by molar-refractivity contribution is 6.05. The minimum atomic E-state index is -0.418. The monoisotopic (exact) mass is 383 g/mol. The Kier molecular flexibility index (Phi) is 5.82. The van der Waals surface area contributed by atoms with Crippen molar-refractivity contribution in [2.24, 2.45) is 7.05 Å². The molecular weight excluding hydrogens is 358 g/mol. The molecule has 0 atom stereocenters. The number of carbonyl (C=O) groups excluding carboxylic acids is 2. The van der Waals surface area contributed by atoms with Crippen LogP contribution in [0.25, 0.3) is 0 Å². The second-order valence-electron chi connectivity index (χ2n) is 7.20. The van der Waals surface area contributed by atoms with Crippen LogP contribution in [0, 0.1) is 0 Å². The van der Waals surface area contributed by atoms with Crippen molar-refractivity contribution in [3.8, 4) is 5.75 Å². The van der Waals surface area contributed by atoms with Gasteiger partial charge in [-0.3, -0.25) is 14.4 Å². The number of anilines is 1. The van der Waals surface area contributed by atoms with Crippen LogP contribution >= 0.6 is 0 Å². The van der Waals surface area contributed by atoms with Crippen LogP contribution < -0.4 is 15.6 Å². The number of carbonyl (C=O) groups is 2. The third-order valence-electron chi connectivity index (χ3n) is 4.56. The largest absolute Gasteiger partial charge is 0.491 e. The van der Waals surface area contributed by atoms with Crippen LogP contribution in [0.3, 0.4) is 0 Å². The summed E-state index contributed by atoms with van der Waals surface area (Å²) in [5, 5.41) is 2.63. The lowest BCUT2D eigenvalue weighted by atomic mass is 10.2. The maximum atomic E-state index is 12.6. The van der Waals surface area contributed by atoms with Gasteiger partial charge in [-0.1, -0.05) is 0 Å². The molecule has 7 nitrogen and oxygen atoms in total. The number of rotatable bonds is 5. The Bertz CT molecular complexity index is 926. The number of nitrogens with one attached hydrogen (secondary N) is 1. The number of hydrogen-bond donors (Lipinski definition) is 1. The van der Waals surface area contributed by atoms with Gasteiger partial charge in [0.15, 0.2) is 0 Å². The van der Waals surface area contributed by atoms with Crippen molar-refractivity contribution in [3.63, 3.8) is 0 Å². The molecule has 0 saturated carbocycles. The molecule has 2 amide bonds. The predicted molar refractivity (Wildman–Crippen MR) is 107 cm³/mol. The summed E-state index contributed by atoms with van der Waals surface area (Å²) in [4.78, 5) is 39.4. The predicted octanol–water partition coefficient (Wildman–Crippen LogP) is 2.66. The number of aromatic nitrogens is 1. The van der Waals surface area contributed by atoms with Gasteiger partial charge in [0.05, 0.1) is 11.7 Å². The van der Waals surface area contributed by atoms with Crippen LogP contribution in [-0.4, -0.2) is 40.5 Å². The summed E-state index contributed by atoms with van der Waals surface area (Å²) in [5.41, 5.74) is 0.501. The summed E-state index contributed by atoms with van der Waals surface area (Å²) in [7, 11) is 1.57. The zero-order chi connectivity index (χ0) is 20.3. The van der Waals surface area contributed by atoms with E-state index in [4.69, 9.17) is 4.74 Å². The second kappa shape index (κ2) is 8.29. The van der Waals surface area contributed by atoms with Crippen LogP contribution in [0.1, 0.15) is 47.4 Å². The molecule has 1 N–H and O–H groups in total. The number of ether oxygens (including phenoxy) is 1. The van der Waals surface area contributed by atoms with Gasteiger partial charge >= 0.3 is 0 Å². The summed E-state index contributed by atoms with van der Waals surface area (Å²) >= 11 is 0. The maximum absolute atomic E-state index is 12.6. The highest BCUT2D eigenvalue weighted by Gasteiger charge is 2.21. The molecule has 1 aliphatic rings. The number of pyridine rings is 1. The second-order valence-corrected chi connectivity index (χ2v) is 7.20. The van der Waals surface area contributed by atoms with Crippen molar-refractivity contribution in [1.29, 1.82) is 0 Å². The molecule has 0 radical (unpaired) electrons. The van der Waals surface area contributed by atoms with Crippen LogP contribution in [0.4, 0.5) is 5.69 Å². The van der Waals surface area contributed by atoms with Crippen molar-refractivity contribution >= 4 is 17.5 Å². The van der Waals surface area contributed by atoms with E-state index in [1.165, 1.54) is 16.8 Å². The minimum absolute atomic E-state index is 0.0404. The number of likely N-dealkylation sites (tertiary alicyclic amines) is 1. The van der Waals surface area contributed by atoms with Gasteiger partial charge < -0.3 is 19.5 Å². The third kappa shape index (κ3) is 4.42. The minimum Gasteiger partial charge on any atom is -0.491 e. The Labute approximate surface area is 163 Å². The van der Waals surface area contributed by atoms with E-state index in [0.29, 0.717) is 30.0 Å². The topological polar surface area (TPSA) is 80.6 Å². The lowest BCUT2D eigenvalue weighted by Gasteiger charge is -2.16. The van der Waals surface area contributed by atoms with Crippen molar-refractivity contribution < 1.29 is 14.3 Å². The molecule has 0 bridgehead atoms. The lowest BCUT2D eigenvalue weighted by molar-refractivity contribution is 0.0791. The van der Waals surface area contributed by atoms with Gasteiger partial charge in [0, 0.05) is 31.9 Å². The molecule has 1 aromatic carbocycles. The van der Waals surface area contributed by atoms with Crippen LogP contribution in [-0.2, 0) is 7.05 Å². The SMILES string of the molecule is CC(C)Oc1ccc(C(=O)Nc2cc(C(=O)N3CCCC3)cn(C)c2=O)cc1. The summed E-state index contributed by atoms with van der Waals surface area (Å²) in [6.07, 6.45) is 3.52. The zero-order valence-corrected chi connectivity index (χ0v) is 16.4. The Morgan fingerprint density at radius 2 is 1.71 bits per heavy atom. The van der Waals surface area contributed by atoms with Gasteiger partial charge in [-0.2, -0.15) is 0 Å². The molecule has 28 heavy (non-hydrogen) atoms. The quantitative estimate of drug-likeness (QED) is 0.861. The number of hydrogen-bond acceptors (Lipinski definition) is 4. The smallest absolute Gasteiger partial charge is 0.274 e. The molecule has 2 heterocycles. The Morgan fingerprint density at radius 3 is 2.32 bits per heavy atom. The average molecular weight is 383 g/mol. The fraction of sp³-hybridized carbons (Fsp3) is 0.381. The zero-order valence-electron chi connectivity index (χ0n) is 16.4. The molecule has 0 aliphatic carbocycles. The van der Waals surface area contributed by atoms with Crippen LogP contribution in [0.2, 0.25) is 0 Å². The first-order chi connectivity index (χ1) is 13.3. The molecule has 0 spiro atoms. The van der Waals surface area contributed by atoms with Crippen LogP contribution in [0.15, 0.2) is 41.3 Å². The first kappa shape index (κ1) is 19.7. The lowest BCUT2D eigenvalue weighted by Crippen LogP contribution is -2.30. The fourth-order valence-corrected chi connectivity index (χ4v) is 3.17. The van der Waals surface area contributed by atoms with Gasteiger partial charge in [-0.15, -0.1) is 0 Å². The molecule has 0 unspecified atom stereocenters. The summed E-state index contributed by atoms with van der Waals surface area (Å²) in [6, 6.07) is 8.14. The first-order valence-corrected chi connectivity index (χ1v) is 9.43. The van der Waals surface area contributed by atoms with Gasteiger partial charge in [0.25, 0.3) is 17.4 Å². The fourth-order valence-electron chi connectivity index (χ4n) is 3.17. The van der Waals surface area contributed by atoms with E-state index in [1.807, 2.05) is 13.8 Å². The number of amides is 2. The first-order valence-electron chi connectivity index (χ1n) is 9.43. The Hall–Kier alpha value is -3.09. The van der Waals surface area contributed by atoms with Crippen molar-refractivity contribution in [2.75, 3.05) is 18.4 Å². The van der Waals surface area contributed by atoms with Crippen molar-refractivity contribution in [3.05, 3.63) is 58.0 Å². The number of benzene rings is 1. The molecule has 1 aromatic heterocycles. The maximum Gasteiger partial charge on any atom is 0.274 e. The molecule has 7 heteroatoms. The van der Waals surface area contributed by atoms with Gasteiger partial charge in [0.2, 0.25) is 0 Å². The standard InChI is InChI=1S/C21H25N3O4/c1-14(2)28-17-8-6-15(7-9-17)19(25)22-18-12-16(13-23(3)21(18)27)20(26)24-10-4-5-11-24/h6-9,12-14H,4-5,10-11H2,1-3H3,(H,22,25). The Morgan fingerprint density at radius 1 is 1.07 bits per heavy atom. The summed E-state index contributed by atoms with van der Waals surface area (Å²) in [5.74, 6) is 0.124. The molecule has 1 saturated heterocycles. The van der Waals surface area contributed by atoms with Gasteiger partial charge in [0.1, 0.15) is 11.4 Å². The van der Waals surface area contributed by atoms with E-state index in [2.05, 4.69) is 5.32 Å². The van der Waals surface area contributed by atoms with E-state index >= 15 is 0 Å². The molecular formula is C21H25N3O4. The number of nitrogens with zero attached hydrogens (tertiary/aromatic N) is 2. The molecule has 2 aromatic rings. The van der Waals surface area contributed by atoms with Crippen molar-refractivity contribution in [1.82, 2.24) is 9.47 Å². The molecule has 148 valence electrons. The Balaban J connectivity index is 1.80. The highest BCUT2D eigenvalue weighted by Crippen LogP contribution is 2.17. The molecule has 1 fully saturated rings. The number of aryl methyl sites for hydroxylation is 1. The van der Waals surface area contributed by atoms with Gasteiger partial charge in [-0.05, 0) is 57.0 Å². The van der Waals surface area contributed by atoms with Crippen molar-refractivity contribution in [2.45, 2.75) is 32.8 Å². The third-order valence-corrected chi connectivity index (χ3v) is 4.56. The van der Waals surface area contributed by atoms with E-state index in [9.17, 15) is 14.4 Å². The van der Waals surface area contributed by atoms with E-state index in [1.54, 1.807) is 36.2 Å². The average Bonchev–Trinajstić information content (AvgIpc) is 3.19. The van der Waals surface area contributed by atoms with E-state index in [0.717, 1.165) is 12.8 Å².